The van der Waals surface area contributed by atoms with Gasteiger partial charge in [0.1, 0.15) is 0 Å². The first-order valence-electron chi connectivity index (χ1n) is 2.19. The summed E-state index contributed by atoms with van der Waals surface area (Å²) in [6, 6.07) is -1.04. The van der Waals surface area contributed by atoms with Crippen LogP contribution in [0.4, 0.5) is 4.79 Å². The second kappa shape index (κ2) is 3.60. The number of carbonyl (C=O) groups is 3. The van der Waals surface area contributed by atoms with E-state index in [1.807, 2.05) is 0 Å². The molecular formula is C5H4N2O3. The fourth-order valence-electron chi connectivity index (χ4n) is 0.255. The van der Waals surface area contributed by atoms with Crippen molar-refractivity contribution in [1.29, 1.82) is 0 Å². The van der Waals surface area contributed by atoms with Crippen LogP contribution in [0.2, 0.25) is 0 Å². The average Bonchev–Trinajstić information content (AvgIpc) is 1.58. The smallest absolute Gasteiger partial charge is 0.277 e. The maximum Gasteiger partial charge on any atom is 0.328 e. The predicted molar refractivity (Wildman–Crippen MR) is 30.3 cm³/mol. The zero-order valence-corrected chi connectivity index (χ0v) is 4.88. The highest BCUT2D eigenvalue weighted by molar-refractivity contribution is 6.03. The van der Waals surface area contributed by atoms with E-state index in [2.05, 4.69) is 13.8 Å². The van der Waals surface area contributed by atoms with E-state index in [4.69, 9.17) is 0 Å². The standard InChI is InChI=1S/C5H4N2O3/c1-3(8)6-5(10)7-4(2)9/h1-2H,(H2,6,7,8,9,10). The molecule has 0 aromatic carbocycles. The zero-order chi connectivity index (χ0) is 8.15. The Kier molecular flexibility index (Phi) is 3.10. The summed E-state index contributed by atoms with van der Waals surface area (Å²) in [5, 5.41) is 3.12. The number of urea groups is 1. The molecule has 0 heterocycles. The molecule has 5 heteroatoms. The van der Waals surface area contributed by atoms with Gasteiger partial charge in [-0.05, 0) is 0 Å². The Bertz CT molecular complexity index is 158. The maximum atomic E-state index is 10.2. The Hall–Kier alpha value is -1.39. The highest BCUT2D eigenvalue weighted by Gasteiger charge is 2.03. The van der Waals surface area contributed by atoms with Crippen molar-refractivity contribution in [2.75, 3.05) is 0 Å². The van der Waals surface area contributed by atoms with Crippen molar-refractivity contribution in [3.63, 3.8) is 0 Å². The third kappa shape index (κ3) is 4.76. The Morgan fingerprint density at radius 1 is 0.900 bits per heavy atom. The number of carbonyl (C=O) groups excluding carboxylic acids is 3. The summed E-state index contributed by atoms with van der Waals surface area (Å²) in [5.74, 6) is -2.11. The number of nitrogens with one attached hydrogen (secondary N) is 2. The second-order valence-corrected chi connectivity index (χ2v) is 1.31. The van der Waals surface area contributed by atoms with Gasteiger partial charge in [-0.25, -0.2) is 4.79 Å². The molecule has 0 aromatic rings. The van der Waals surface area contributed by atoms with E-state index >= 15 is 0 Å². The summed E-state index contributed by atoms with van der Waals surface area (Å²) in [4.78, 5) is 30.0. The number of imide groups is 2. The molecule has 0 aliphatic heterocycles. The molecule has 2 N–H and O–H groups in total. The van der Waals surface area contributed by atoms with Crippen molar-refractivity contribution in [3.8, 4) is 0 Å². The van der Waals surface area contributed by atoms with Gasteiger partial charge in [-0.1, -0.05) is 0 Å². The Labute approximate surface area is 57.8 Å². The first kappa shape index (κ1) is 8.61. The van der Waals surface area contributed by atoms with E-state index in [9.17, 15) is 14.4 Å². The predicted octanol–water partition coefficient (Wildman–Crippen LogP) is -1.24. The van der Waals surface area contributed by atoms with Crippen LogP contribution in [0.25, 0.3) is 0 Å². The highest BCUT2D eigenvalue weighted by Crippen LogP contribution is 1.65. The molecule has 4 radical (unpaired) electrons. The quantitative estimate of drug-likeness (QED) is 0.442. The summed E-state index contributed by atoms with van der Waals surface area (Å²) < 4.78 is 0. The van der Waals surface area contributed by atoms with Crippen LogP contribution in [-0.4, -0.2) is 17.8 Å². The third-order valence-corrected chi connectivity index (χ3v) is 0.473. The molecule has 0 spiro atoms. The zero-order valence-electron chi connectivity index (χ0n) is 4.88. The van der Waals surface area contributed by atoms with E-state index < -0.39 is 17.8 Å². The molecule has 0 saturated carbocycles. The molecule has 10 heavy (non-hydrogen) atoms. The summed E-state index contributed by atoms with van der Waals surface area (Å²) in [7, 11) is 0. The van der Waals surface area contributed by atoms with Crippen LogP contribution < -0.4 is 10.6 Å². The van der Waals surface area contributed by atoms with Gasteiger partial charge in [-0.3, -0.25) is 20.2 Å². The summed E-state index contributed by atoms with van der Waals surface area (Å²) in [6.45, 7) is 9.01. The topological polar surface area (TPSA) is 75.3 Å². The largest absolute Gasteiger partial charge is 0.328 e. The van der Waals surface area contributed by atoms with Crippen LogP contribution in [0.5, 0.6) is 0 Å². The number of rotatable bonds is 0. The van der Waals surface area contributed by atoms with Gasteiger partial charge in [-0.15, -0.1) is 0 Å². The van der Waals surface area contributed by atoms with Crippen molar-refractivity contribution < 1.29 is 14.4 Å². The van der Waals surface area contributed by atoms with Gasteiger partial charge in [0, 0.05) is 0 Å². The molecule has 4 amide bonds. The van der Waals surface area contributed by atoms with Crippen molar-refractivity contribution >= 4 is 17.8 Å². The summed E-state index contributed by atoms with van der Waals surface area (Å²) in [5.41, 5.74) is 0. The van der Waals surface area contributed by atoms with Crippen molar-refractivity contribution in [1.82, 2.24) is 10.6 Å². The fourth-order valence-corrected chi connectivity index (χ4v) is 0.255. The normalized spacial score (nSPS) is 8.20. The molecule has 0 saturated heterocycles. The lowest BCUT2D eigenvalue weighted by Crippen LogP contribution is -2.40. The van der Waals surface area contributed by atoms with Gasteiger partial charge < -0.3 is 0 Å². The number of hydrogen-bond acceptors (Lipinski definition) is 3. The van der Waals surface area contributed by atoms with Crippen molar-refractivity contribution in [2.45, 2.75) is 0 Å². The van der Waals surface area contributed by atoms with Crippen LogP contribution >= 0.6 is 0 Å². The lowest BCUT2D eigenvalue weighted by Gasteiger charge is -1.97. The van der Waals surface area contributed by atoms with Gasteiger partial charge in [0.15, 0.2) is 0 Å². The second-order valence-electron chi connectivity index (χ2n) is 1.31. The number of hydrogen-bond donors (Lipinski definition) is 2. The molecular weight excluding hydrogens is 136 g/mol. The van der Waals surface area contributed by atoms with Gasteiger partial charge in [0.2, 0.25) is 11.8 Å². The minimum absolute atomic E-state index is 1.04. The molecule has 0 aromatic heterocycles. The molecule has 5 nitrogen and oxygen atoms in total. The lowest BCUT2D eigenvalue weighted by atomic mass is 10.6. The van der Waals surface area contributed by atoms with Gasteiger partial charge >= 0.3 is 6.03 Å². The van der Waals surface area contributed by atoms with E-state index in [0.29, 0.717) is 0 Å². The van der Waals surface area contributed by atoms with Crippen LogP contribution in [0.15, 0.2) is 0 Å². The van der Waals surface area contributed by atoms with E-state index in [0.717, 1.165) is 0 Å². The maximum absolute atomic E-state index is 10.2. The SMILES string of the molecule is [CH]C(=O)NC(=O)NC([CH])=O. The minimum atomic E-state index is -1.06. The molecule has 0 unspecified atom stereocenters. The van der Waals surface area contributed by atoms with Crippen LogP contribution in [-0.2, 0) is 9.59 Å². The molecule has 0 bridgehead atoms. The van der Waals surface area contributed by atoms with Crippen molar-refractivity contribution in [3.05, 3.63) is 13.8 Å². The first-order chi connectivity index (χ1) is 4.52. The minimum Gasteiger partial charge on any atom is -0.277 e. The monoisotopic (exact) mass is 140 g/mol. The van der Waals surface area contributed by atoms with E-state index in [1.165, 1.54) is 0 Å². The van der Waals surface area contributed by atoms with Crippen LogP contribution in [0, 0.1) is 13.8 Å². The lowest BCUT2D eigenvalue weighted by molar-refractivity contribution is -0.116. The van der Waals surface area contributed by atoms with Crippen molar-refractivity contribution in [2.24, 2.45) is 0 Å². The Morgan fingerprint density at radius 2 is 1.20 bits per heavy atom. The molecule has 0 fully saturated rings. The van der Waals surface area contributed by atoms with Crippen LogP contribution in [0.3, 0.4) is 0 Å². The van der Waals surface area contributed by atoms with Crippen LogP contribution in [0.1, 0.15) is 0 Å². The molecule has 52 valence electrons. The Morgan fingerprint density at radius 3 is 1.40 bits per heavy atom. The molecule has 0 atom stereocenters. The van der Waals surface area contributed by atoms with Gasteiger partial charge in [0.25, 0.3) is 0 Å². The third-order valence-electron chi connectivity index (χ3n) is 0.473. The first-order valence-corrected chi connectivity index (χ1v) is 2.19. The molecule has 0 aliphatic carbocycles. The summed E-state index contributed by atoms with van der Waals surface area (Å²) in [6.07, 6.45) is 0. The Balaban J connectivity index is 3.65. The molecule has 0 aliphatic rings. The average molecular weight is 140 g/mol. The van der Waals surface area contributed by atoms with Gasteiger partial charge in [-0.2, -0.15) is 0 Å². The summed E-state index contributed by atoms with van der Waals surface area (Å²) >= 11 is 0. The number of amides is 4. The fraction of sp³-hybridized carbons (Fsp3) is 0. The molecule has 0 rings (SSSR count). The van der Waals surface area contributed by atoms with E-state index in [1.54, 1.807) is 10.6 Å². The highest BCUT2D eigenvalue weighted by atomic mass is 16.2. The van der Waals surface area contributed by atoms with E-state index in [-0.39, 0.29) is 0 Å². The van der Waals surface area contributed by atoms with Gasteiger partial charge in [0.05, 0.1) is 13.8 Å².